The summed E-state index contributed by atoms with van der Waals surface area (Å²) < 4.78 is 0. The third-order valence-corrected chi connectivity index (χ3v) is 5.10. The first-order valence-electron chi connectivity index (χ1n) is 8.55. The first-order chi connectivity index (χ1) is 12.9. The van der Waals surface area contributed by atoms with E-state index in [4.69, 9.17) is 23.2 Å². The zero-order chi connectivity index (χ0) is 19.6. The van der Waals surface area contributed by atoms with Crippen LogP contribution < -0.4 is 5.32 Å². The van der Waals surface area contributed by atoms with Gasteiger partial charge in [0.25, 0.3) is 5.91 Å². The molecule has 0 saturated carbocycles. The minimum Gasteiger partial charge on any atom is -0.327 e. The Morgan fingerprint density at radius 2 is 1.81 bits per heavy atom. The average molecular weight is 405 g/mol. The van der Waals surface area contributed by atoms with E-state index in [0.717, 1.165) is 0 Å². The van der Waals surface area contributed by atoms with Crippen molar-refractivity contribution < 1.29 is 14.4 Å². The fraction of sp³-hybridized carbons (Fsp3) is 0.250. The third kappa shape index (κ3) is 4.15. The fourth-order valence-electron chi connectivity index (χ4n) is 3.21. The molecule has 2 amide bonds. The van der Waals surface area contributed by atoms with Crippen molar-refractivity contribution >= 4 is 46.5 Å². The van der Waals surface area contributed by atoms with Crippen molar-refractivity contribution in [3.8, 4) is 0 Å². The highest BCUT2D eigenvalue weighted by molar-refractivity contribution is 6.35. The lowest BCUT2D eigenvalue weighted by Gasteiger charge is -2.25. The predicted octanol–water partition coefficient (Wildman–Crippen LogP) is 4.44. The number of para-hydroxylation sites is 1. The SMILES string of the molecule is CC(=O)c1ccccc1NC(=O)[C@@H]1CCCN1C(=O)c1cc(Cl)ccc1Cl. The van der Waals surface area contributed by atoms with E-state index in [-0.39, 0.29) is 28.2 Å². The summed E-state index contributed by atoms with van der Waals surface area (Å²) in [6.07, 6.45) is 1.24. The van der Waals surface area contributed by atoms with Crippen LogP contribution >= 0.6 is 23.2 Å². The molecule has 0 aliphatic carbocycles. The summed E-state index contributed by atoms with van der Waals surface area (Å²) in [6, 6.07) is 10.8. The molecule has 2 aromatic rings. The van der Waals surface area contributed by atoms with Crippen LogP contribution in [-0.4, -0.2) is 35.1 Å². The van der Waals surface area contributed by atoms with E-state index in [2.05, 4.69) is 5.32 Å². The number of ketones is 1. The first kappa shape index (κ1) is 19.4. The molecule has 1 heterocycles. The number of halogens is 2. The second-order valence-electron chi connectivity index (χ2n) is 6.37. The molecule has 7 heteroatoms. The molecular formula is C20H18Cl2N2O3. The van der Waals surface area contributed by atoms with E-state index in [0.29, 0.717) is 35.7 Å². The van der Waals surface area contributed by atoms with Gasteiger partial charge in [0, 0.05) is 17.1 Å². The van der Waals surface area contributed by atoms with Crippen LogP contribution in [0.2, 0.25) is 10.0 Å². The van der Waals surface area contributed by atoms with Gasteiger partial charge in [-0.1, -0.05) is 35.3 Å². The Balaban J connectivity index is 1.82. The zero-order valence-electron chi connectivity index (χ0n) is 14.7. The van der Waals surface area contributed by atoms with Gasteiger partial charge in [0.1, 0.15) is 6.04 Å². The lowest BCUT2D eigenvalue weighted by molar-refractivity contribution is -0.119. The quantitative estimate of drug-likeness (QED) is 0.765. The Hall–Kier alpha value is -2.37. The molecule has 0 aromatic heterocycles. The van der Waals surface area contributed by atoms with Crippen LogP contribution in [0.4, 0.5) is 5.69 Å². The van der Waals surface area contributed by atoms with Crippen LogP contribution in [0.1, 0.15) is 40.5 Å². The van der Waals surface area contributed by atoms with Gasteiger partial charge in [-0.25, -0.2) is 0 Å². The number of hydrogen-bond acceptors (Lipinski definition) is 3. The number of benzene rings is 2. The third-order valence-electron chi connectivity index (χ3n) is 4.54. The maximum absolute atomic E-state index is 12.9. The molecule has 5 nitrogen and oxygen atoms in total. The summed E-state index contributed by atoms with van der Waals surface area (Å²) in [6.45, 7) is 1.89. The van der Waals surface area contributed by atoms with Crippen LogP contribution in [0.15, 0.2) is 42.5 Å². The minimum absolute atomic E-state index is 0.143. The van der Waals surface area contributed by atoms with Crippen molar-refractivity contribution in [1.82, 2.24) is 4.90 Å². The van der Waals surface area contributed by atoms with Crippen LogP contribution in [0.5, 0.6) is 0 Å². The van der Waals surface area contributed by atoms with Crippen molar-refractivity contribution in [3.63, 3.8) is 0 Å². The lowest BCUT2D eigenvalue weighted by atomic mass is 10.1. The van der Waals surface area contributed by atoms with Gasteiger partial charge in [-0.2, -0.15) is 0 Å². The summed E-state index contributed by atoms with van der Waals surface area (Å²) in [5.41, 5.74) is 1.14. The molecular weight excluding hydrogens is 387 g/mol. The number of amides is 2. The molecule has 1 saturated heterocycles. The Morgan fingerprint density at radius 3 is 2.56 bits per heavy atom. The minimum atomic E-state index is -0.632. The van der Waals surface area contributed by atoms with Crippen LogP contribution in [-0.2, 0) is 4.79 Å². The molecule has 27 heavy (non-hydrogen) atoms. The van der Waals surface area contributed by atoms with E-state index in [1.54, 1.807) is 36.4 Å². The van der Waals surface area contributed by atoms with Crippen molar-refractivity contribution in [1.29, 1.82) is 0 Å². The molecule has 2 aromatic carbocycles. The molecule has 140 valence electrons. The Labute approximate surface area is 167 Å². The summed E-state index contributed by atoms with van der Waals surface area (Å²) in [5, 5.41) is 3.47. The standard InChI is InChI=1S/C20H18Cl2N2O3/c1-12(25)14-5-2-3-6-17(14)23-19(26)18-7-4-10-24(18)20(27)15-11-13(21)8-9-16(15)22/h2-3,5-6,8-9,11,18H,4,7,10H2,1H3,(H,23,26)/t18-/m0/s1. The van der Waals surface area contributed by atoms with Gasteiger partial charge in [-0.3, -0.25) is 14.4 Å². The maximum atomic E-state index is 12.9. The van der Waals surface area contributed by atoms with Gasteiger partial charge in [-0.15, -0.1) is 0 Å². The van der Waals surface area contributed by atoms with Gasteiger partial charge in [0.2, 0.25) is 5.91 Å². The highest BCUT2D eigenvalue weighted by Gasteiger charge is 2.35. The monoisotopic (exact) mass is 404 g/mol. The Kier molecular flexibility index (Phi) is 5.82. The second-order valence-corrected chi connectivity index (χ2v) is 7.22. The summed E-state index contributed by atoms with van der Waals surface area (Å²) in [4.78, 5) is 39.0. The number of anilines is 1. The number of nitrogens with zero attached hydrogens (tertiary/aromatic N) is 1. The molecule has 3 rings (SSSR count). The van der Waals surface area contributed by atoms with E-state index < -0.39 is 6.04 Å². The number of hydrogen-bond donors (Lipinski definition) is 1. The van der Waals surface area contributed by atoms with Gasteiger partial charge in [-0.05, 0) is 50.1 Å². The Bertz CT molecular complexity index is 914. The molecule has 0 spiro atoms. The van der Waals surface area contributed by atoms with Crippen LogP contribution in [0, 0.1) is 0 Å². The topological polar surface area (TPSA) is 66.5 Å². The van der Waals surface area contributed by atoms with Crippen molar-refractivity contribution in [2.75, 3.05) is 11.9 Å². The highest BCUT2D eigenvalue weighted by Crippen LogP contribution is 2.27. The van der Waals surface area contributed by atoms with E-state index in [1.807, 2.05) is 0 Å². The number of Topliss-reactive ketones (excluding diaryl/α,β-unsaturated/α-hetero) is 1. The molecule has 1 aliphatic heterocycles. The first-order valence-corrected chi connectivity index (χ1v) is 9.31. The molecule has 0 bridgehead atoms. The van der Waals surface area contributed by atoms with Crippen molar-refractivity contribution in [2.45, 2.75) is 25.8 Å². The van der Waals surface area contributed by atoms with Gasteiger partial charge in [0.15, 0.2) is 5.78 Å². The molecule has 1 atom stereocenters. The van der Waals surface area contributed by atoms with E-state index in [9.17, 15) is 14.4 Å². The van der Waals surface area contributed by atoms with Crippen molar-refractivity contribution in [2.24, 2.45) is 0 Å². The molecule has 1 N–H and O–H groups in total. The number of rotatable bonds is 4. The number of carbonyl (C=O) groups is 3. The molecule has 1 aliphatic rings. The Morgan fingerprint density at radius 1 is 1.07 bits per heavy atom. The molecule has 1 fully saturated rings. The second kappa shape index (κ2) is 8.11. The zero-order valence-corrected chi connectivity index (χ0v) is 16.2. The number of nitrogens with one attached hydrogen (secondary N) is 1. The summed E-state index contributed by atoms with van der Waals surface area (Å²) in [5.74, 6) is -0.802. The summed E-state index contributed by atoms with van der Waals surface area (Å²) >= 11 is 12.1. The maximum Gasteiger partial charge on any atom is 0.256 e. The largest absolute Gasteiger partial charge is 0.327 e. The number of carbonyl (C=O) groups excluding carboxylic acids is 3. The van der Waals surface area contributed by atoms with Gasteiger partial charge < -0.3 is 10.2 Å². The predicted molar refractivity (Wildman–Crippen MR) is 106 cm³/mol. The van der Waals surface area contributed by atoms with Gasteiger partial charge in [0.05, 0.1) is 16.3 Å². The van der Waals surface area contributed by atoms with Gasteiger partial charge >= 0.3 is 0 Å². The summed E-state index contributed by atoms with van der Waals surface area (Å²) in [7, 11) is 0. The van der Waals surface area contributed by atoms with Crippen LogP contribution in [0.3, 0.4) is 0 Å². The molecule has 0 radical (unpaired) electrons. The van der Waals surface area contributed by atoms with E-state index >= 15 is 0 Å². The highest BCUT2D eigenvalue weighted by atomic mass is 35.5. The normalized spacial score (nSPS) is 16.3. The van der Waals surface area contributed by atoms with Crippen molar-refractivity contribution in [3.05, 3.63) is 63.6 Å². The van der Waals surface area contributed by atoms with Crippen LogP contribution in [0.25, 0.3) is 0 Å². The lowest BCUT2D eigenvalue weighted by Crippen LogP contribution is -2.43. The smallest absolute Gasteiger partial charge is 0.256 e. The average Bonchev–Trinajstić information content (AvgIpc) is 3.13. The molecule has 0 unspecified atom stereocenters. The van der Waals surface area contributed by atoms with E-state index in [1.165, 1.54) is 17.9 Å². The number of likely N-dealkylation sites (tertiary alicyclic amines) is 1. The fourth-order valence-corrected chi connectivity index (χ4v) is 3.58.